The second-order valence-corrected chi connectivity index (χ2v) is 6.33. The molecule has 0 spiro atoms. The van der Waals surface area contributed by atoms with E-state index >= 15 is 0 Å². The number of amides is 4. The van der Waals surface area contributed by atoms with Gasteiger partial charge in [-0.1, -0.05) is 0 Å². The van der Waals surface area contributed by atoms with E-state index in [9.17, 15) is 19.4 Å². The minimum absolute atomic E-state index is 0.0385. The largest absolute Gasteiger partial charge is 0.383 e. The van der Waals surface area contributed by atoms with Crippen molar-refractivity contribution in [3.05, 3.63) is 27.4 Å². The molecule has 4 N–H and O–H groups in total. The first-order valence-corrected chi connectivity index (χ1v) is 9.98. The number of halogens is 3. The second-order valence-electron chi connectivity index (χ2n) is 5.19. The molecule has 0 aliphatic carbocycles. The van der Waals surface area contributed by atoms with Gasteiger partial charge in [0.15, 0.2) is 0 Å². The van der Waals surface area contributed by atoms with Gasteiger partial charge in [-0.25, -0.2) is 19.6 Å². The lowest BCUT2D eigenvalue weighted by Gasteiger charge is -2.13. The van der Waals surface area contributed by atoms with Crippen molar-refractivity contribution in [1.82, 2.24) is 30.6 Å². The topological polar surface area (TPSA) is 175 Å². The first-order valence-electron chi connectivity index (χ1n) is 8.37. The average Bonchev–Trinajstić information content (AvgIpc) is 2.73. The van der Waals surface area contributed by atoms with Crippen LogP contribution in [0.3, 0.4) is 0 Å². The monoisotopic (exact) mass is 485 g/mol. The number of nitroso groups, excluding NO2 is 2. The minimum atomic E-state index is -0.648. The van der Waals surface area contributed by atoms with E-state index in [1.54, 1.807) is 6.92 Å². The van der Waals surface area contributed by atoms with Crippen molar-refractivity contribution in [3.63, 3.8) is 0 Å². The zero-order valence-electron chi connectivity index (χ0n) is 16.1. The number of aryl methyl sites for hydroxylation is 1. The number of anilines is 1. The van der Waals surface area contributed by atoms with Crippen LogP contribution in [0.4, 0.5) is 15.4 Å². The predicted molar refractivity (Wildman–Crippen MR) is 114 cm³/mol. The summed E-state index contributed by atoms with van der Waals surface area (Å²) in [6, 6.07) is -1.23. The Morgan fingerprint density at radius 3 is 2.00 bits per heavy atom. The molecular weight excluding hydrogens is 465 g/mol. The van der Waals surface area contributed by atoms with E-state index in [4.69, 9.17) is 40.5 Å². The Kier molecular flexibility index (Phi) is 14.9. The van der Waals surface area contributed by atoms with E-state index in [0.717, 1.165) is 0 Å². The molecule has 1 aromatic heterocycles. The molecule has 30 heavy (non-hydrogen) atoms. The van der Waals surface area contributed by atoms with Crippen LogP contribution in [-0.2, 0) is 6.54 Å². The van der Waals surface area contributed by atoms with Crippen molar-refractivity contribution in [1.29, 1.82) is 0 Å². The summed E-state index contributed by atoms with van der Waals surface area (Å²) in [6.45, 7) is 2.25. The van der Waals surface area contributed by atoms with Crippen LogP contribution in [0.25, 0.3) is 0 Å². The third kappa shape index (κ3) is 10.9. The van der Waals surface area contributed by atoms with Crippen LogP contribution in [-0.4, -0.2) is 69.3 Å². The van der Waals surface area contributed by atoms with Gasteiger partial charge in [-0.3, -0.25) is 0 Å². The molecule has 1 aromatic rings. The van der Waals surface area contributed by atoms with Crippen LogP contribution < -0.4 is 16.4 Å². The average molecular weight is 487 g/mol. The molecule has 0 saturated carbocycles. The van der Waals surface area contributed by atoms with E-state index < -0.39 is 12.1 Å². The summed E-state index contributed by atoms with van der Waals surface area (Å²) in [6.07, 6.45) is 1.51. The van der Waals surface area contributed by atoms with E-state index in [1.165, 1.54) is 6.20 Å². The summed E-state index contributed by atoms with van der Waals surface area (Å²) in [5, 5.41) is 11.3. The highest BCUT2D eigenvalue weighted by Gasteiger charge is 2.13. The Morgan fingerprint density at radius 1 is 1.03 bits per heavy atom. The normalized spacial score (nSPS) is 9.60. The number of rotatable bonds is 10. The third-order valence-corrected chi connectivity index (χ3v) is 3.60. The quantitative estimate of drug-likeness (QED) is 0.257. The van der Waals surface area contributed by atoms with Gasteiger partial charge in [-0.2, -0.15) is 10.0 Å². The maximum absolute atomic E-state index is 11.5. The van der Waals surface area contributed by atoms with Crippen molar-refractivity contribution in [2.75, 3.05) is 43.0 Å². The number of nitrogens with two attached hydrogens (primary N) is 1. The lowest BCUT2D eigenvalue weighted by atomic mass is 10.3. The Hall–Kier alpha value is -2.51. The first kappa shape index (κ1) is 27.5. The summed E-state index contributed by atoms with van der Waals surface area (Å²) in [7, 11) is 0. The van der Waals surface area contributed by atoms with Crippen molar-refractivity contribution >= 4 is 52.7 Å². The standard InChI is InChI=1S/C9H13ClN6O2.C5H9Cl2N3O2/c1-6-12-4-7(8(11)14-6)5-13-9(17)16(15-18)3-2-10;6-1-3-8-5(11)10(9-12)4-2-7/h4H,2-3,5H2,1H3,(H,13,17)(H2,11,12,14);1-4H2,(H,8,11). The zero-order valence-corrected chi connectivity index (χ0v) is 18.3. The molecule has 0 aliphatic heterocycles. The summed E-state index contributed by atoms with van der Waals surface area (Å²) in [5.74, 6) is 1.40. The highest BCUT2D eigenvalue weighted by atomic mass is 35.5. The summed E-state index contributed by atoms with van der Waals surface area (Å²) < 4.78 is 0. The van der Waals surface area contributed by atoms with E-state index in [2.05, 4.69) is 31.2 Å². The molecular formula is C14H22Cl3N9O4. The molecule has 0 radical (unpaired) electrons. The Bertz CT molecular complexity index is 699. The fourth-order valence-electron chi connectivity index (χ4n) is 1.68. The van der Waals surface area contributed by atoms with Crippen molar-refractivity contribution in [2.45, 2.75) is 13.5 Å². The number of alkyl halides is 3. The number of hydrogen-bond acceptors (Lipinski definition) is 9. The summed E-state index contributed by atoms with van der Waals surface area (Å²) in [5.41, 5.74) is 6.21. The van der Waals surface area contributed by atoms with Crippen LogP contribution in [0.5, 0.6) is 0 Å². The molecule has 1 rings (SSSR count). The van der Waals surface area contributed by atoms with Gasteiger partial charge in [0.25, 0.3) is 0 Å². The van der Waals surface area contributed by atoms with Crippen LogP contribution >= 0.6 is 34.8 Å². The maximum atomic E-state index is 11.5. The number of aromatic nitrogens is 2. The third-order valence-electron chi connectivity index (χ3n) is 3.08. The van der Waals surface area contributed by atoms with Crippen molar-refractivity contribution in [2.24, 2.45) is 10.6 Å². The smallest absolute Gasteiger partial charge is 0.340 e. The van der Waals surface area contributed by atoms with Gasteiger partial charge in [-0.05, 0) is 6.92 Å². The number of carbonyl (C=O) groups excluding carboxylic acids is 2. The van der Waals surface area contributed by atoms with Gasteiger partial charge in [0.2, 0.25) is 0 Å². The second kappa shape index (κ2) is 16.3. The molecule has 16 heteroatoms. The number of nitrogens with one attached hydrogen (secondary N) is 2. The Balaban J connectivity index is 0.000000612. The van der Waals surface area contributed by atoms with Gasteiger partial charge in [0.05, 0.1) is 23.7 Å². The van der Waals surface area contributed by atoms with Gasteiger partial charge < -0.3 is 16.4 Å². The molecule has 1 heterocycles. The van der Waals surface area contributed by atoms with Crippen LogP contribution in [0.1, 0.15) is 11.4 Å². The number of carbonyl (C=O) groups is 2. The van der Waals surface area contributed by atoms with Crippen molar-refractivity contribution < 1.29 is 9.59 Å². The van der Waals surface area contributed by atoms with E-state index in [0.29, 0.717) is 33.8 Å². The van der Waals surface area contributed by atoms with Gasteiger partial charge in [-0.15, -0.1) is 44.6 Å². The molecule has 0 aliphatic rings. The lowest BCUT2D eigenvalue weighted by molar-refractivity contribution is 0.201. The Morgan fingerprint density at radius 2 is 1.57 bits per heavy atom. The highest BCUT2D eigenvalue weighted by Crippen LogP contribution is 2.06. The fraction of sp³-hybridized carbons (Fsp3) is 0.571. The van der Waals surface area contributed by atoms with Crippen LogP contribution in [0.2, 0.25) is 0 Å². The van der Waals surface area contributed by atoms with Crippen molar-refractivity contribution in [3.8, 4) is 0 Å². The molecule has 168 valence electrons. The zero-order chi connectivity index (χ0) is 22.9. The molecule has 0 bridgehead atoms. The first-order chi connectivity index (χ1) is 14.3. The van der Waals surface area contributed by atoms with Crippen LogP contribution in [0.15, 0.2) is 16.8 Å². The SMILES string of the molecule is Cc1ncc(CNC(=O)N(CCCl)N=O)c(N)n1.O=NN(CCCl)C(=O)NCCCl. The van der Waals surface area contributed by atoms with E-state index in [1.807, 2.05) is 0 Å². The van der Waals surface area contributed by atoms with Crippen LogP contribution in [0, 0.1) is 16.7 Å². The molecule has 0 fully saturated rings. The molecule has 0 unspecified atom stereocenters. The highest BCUT2D eigenvalue weighted by molar-refractivity contribution is 6.18. The fourth-order valence-corrected chi connectivity index (χ4v) is 2.09. The number of nitrogens with zero attached hydrogens (tertiary/aromatic N) is 6. The predicted octanol–water partition coefficient (Wildman–Crippen LogP) is 1.96. The molecule has 13 nitrogen and oxygen atoms in total. The Labute approximate surface area is 187 Å². The van der Waals surface area contributed by atoms with Gasteiger partial charge >= 0.3 is 12.1 Å². The molecule has 0 saturated heterocycles. The molecule has 0 atom stereocenters. The maximum Gasteiger partial charge on any atom is 0.340 e. The number of urea groups is 2. The number of hydrogen-bond donors (Lipinski definition) is 3. The number of nitrogen functional groups attached to an aromatic ring is 1. The molecule has 0 aromatic carbocycles. The summed E-state index contributed by atoms with van der Waals surface area (Å²) in [4.78, 5) is 50.7. The van der Waals surface area contributed by atoms with Gasteiger partial charge in [0.1, 0.15) is 11.6 Å². The molecule has 4 amide bonds. The summed E-state index contributed by atoms with van der Waals surface area (Å²) >= 11 is 16.0. The van der Waals surface area contributed by atoms with Gasteiger partial charge in [0, 0.05) is 42.5 Å². The van der Waals surface area contributed by atoms with E-state index in [-0.39, 0.29) is 37.2 Å². The lowest BCUT2D eigenvalue weighted by Crippen LogP contribution is -2.38. The minimum Gasteiger partial charge on any atom is -0.383 e.